The largest absolute Gasteiger partial charge is 0.497 e. The molecule has 1 aromatic rings. The molecule has 1 aliphatic carbocycles. The summed E-state index contributed by atoms with van der Waals surface area (Å²) in [5, 5.41) is 2.98. The van der Waals surface area contributed by atoms with Crippen molar-refractivity contribution in [3.8, 4) is 5.75 Å². The molecule has 1 saturated heterocycles. The number of rotatable bonds is 6. The van der Waals surface area contributed by atoms with E-state index in [0.717, 1.165) is 37.0 Å². The van der Waals surface area contributed by atoms with Crippen molar-refractivity contribution in [2.75, 3.05) is 40.5 Å². The second-order valence-corrected chi connectivity index (χ2v) is 7.77. The molecule has 6 nitrogen and oxygen atoms in total. The molecule has 2 amide bonds. The topological polar surface area (TPSA) is 67.9 Å². The van der Waals surface area contributed by atoms with Crippen LogP contribution in [-0.2, 0) is 9.53 Å². The van der Waals surface area contributed by atoms with Gasteiger partial charge in [-0.15, -0.1) is 0 Å². The van der Waals surface area contributed by atoms with Crippen LogP contribution in [0.5, 0.6) is 5.75 Å². The summed E-state index contributed by atoms with van der Waals surface area (Å²) >= 11 is 0. The summed E-state index contributed by atoms with van der Waals surface area (Å²) in [7, 11) is 3.24. The van der Waals surface area contributed by atoms with Crippen LogP contribution in [0.15, 0.2) is 18.2 Å². The maximum absolute atomic E-state index is 13.2. The predicted molar refractivity (Wildman–Crippen MR) is 103 cm³/mol. The van der Waals surface area contributed by atoms with Gasteiger partial charge in [-0.25, -0.2) is 0 Å². The first-order chi connectivity index (χ1) is 13.0. The van der Waals surface area contributed by atoms with Crippen molar-refractivity contribution in [3.05, 3.63) is 29.3 Å². The molecule has 0 bridgehead atoms. The lowest BCUT2D eigenvalue weighted by molar-refractivity contribution is -0.127. The van der Waals surface area contributed by atoms with Gasteiger partial charge >= 0.3 is 0 Å². The summed E-state index contributed by atoms with van der Waals surface area (Å²) in [6.07, 6.45) is 4.29. The zero-order valence-electron chi connectivity index (χ0n) is 16.5. The minimum Gasteiger partial charge on any atom is -0.497 e. The van der Waals surface area contributed by atoms with E-state index in [1.807, 2.05) is 30.0 Å². The van der Waals surface area contributed by atoms with Crippen LogP contribution in [0.1, 0.15) is 41.6 Å². The molecule has 1 aliphatic heterocycles. The number of aryl methyl sites for hydroxylation is 1. The van der Waals surface area contributed by atoms with Crippen LogP contribution in [-0.4, -0.2) is 57.2 Å². The van der Waals surface area contributed by atoms with Gasteiger partial charge in [0, 0.05) is 37.7 Å². The summed E-state index contributed by atoms with van der Waals surface area (Å²) in [5.74, 6) is 0.664. The van der Waals surface area contributed by atoms with Gasteiger partial charge in [0.25, 0.3) is 5.91 Å². The molecule has 2 aliphatic rings. The number of nitrogens with one attached hydrogen (secondary N) is 1. The Morgan fingerprint density at radius 3 is 2.63 bits per heavy atom. The number of carbonyl (C=O) groups excluding carboxylic acids is 2. The van der Waals surface area contributed by atoms with E-state index in [1.165, 1.54) is 0 Å². The number of methoxy groups -OCH3 is 2. The van der Waals surface area contributed by atoms with Crippen molar-refractivity contribution in [1.29, 1.82) is 0 Å². The van der Waals surface area contributed by atoms with Crippen LogP contribution in [0.2, 0.25) is 0 Å². The average Bonchev–Trinajstić information content (AvgIpc) is 3.29. The van der Waals surface area contributed by atoms with Crippen LogP contribution in [0.25, 0.3) is 0 Å². The van der Waals surface area contributed by atoms with Crippen LogP contribution in [0, 0.1) is 18.3 Å². The van der Waals surface area contributed by atoms with Gasteiger partial charge in [-0.1, -0.05) is 12.8 Å². The highest BCUT2D eigenvalue weighted by molar-refractivity contribution is 5.96. The average molecular weight is 374 g/mol. The Morgan fingerprint density at radius 2 is 2.00 bits per heavy atom. The molecule has 2 fully saturated rings. The Morgan fingerprint density at radius 1 is 1.26 bits per heavy atom. The maximum atomic E-state index is 13.2. The first kappa shape index (κ1) is 19.7. The Kier molecular flexibility index (Phi) is 6.05. The summed E-state index contributed by atoms with van der Waals surface area (Å²) < 4.78 is 10.3. The van der Waals surface area contributed by atoms with Gasteiger partial charge in [0.1, 0.15) is 5.75 Å². The summed E-state index contributed by atoms with van der Waals surface area (Å²) in [4.78, 5) is 27.9. The summed E-state index contributed by atoms with van der Waals surface area (Å²) in [6.45, 7) is 4.08. The first-order valence-corrected chi connectivity index (χ1v) is 9.71. The molecule has 6 heteroatoms. The van der Waals surface area contributed by atoms with Crippen molar-refractivity contribution < 1.29 is 19.1 Å². The third kappa shape index (κ3) is 3.95. The number of ether oxygens (including phenoxy) is 2. The van der Waals surface area contributed by atoms with Gasteiger partial charge in [0.15, 0.2) is 0 Å². The van der Waals surface area contributed by atoms with Crippen molar-refractivity contribution in [2.24, 2.45) is 11.3 Å². The van der Waals surface area contributed by atoms with E-state index in [-0.39, 0.29) is 23.1 Å². The van der Waals surface area contributed by atoms with E-state index in [4.69, 9.17) is 9.47 Å². The quantitative estimate of drug-likeness (QED) is 0.777. The van der Waals surface area contributed by atoms with Crippen LogP contribution < -0.4 is 10.1 Å². The normalized spacial score (nSPS) is 20.9. The Balaban J connectivity index is 1.77. The molecule has 1 spiro atoms. The van der Waals surface area contributed by atoms with E-state index in [9.17, 15) is 9.59 Å². The van der Waals surface area contributed by atoms with Gasteiger partial charge in [-0.3, -0.25) is 9.59 Å². The second kappa shape index (κ2) is 8.30. The highest BCUT2D eigenvalue weighted by Gasteiger charge is 2.52. The fourth-order valence-electron chi connectivity index (χ4n) is 4.64. The number of nitrogens with zero attached hydrogens (tertiary/aromatic N) is 1. The lowest BCUT2D eigenvalue weighted by Crippen LogP contribution is -2.41. The number of hydrogen-bond donors (Lipinski definition) is 1. The molecule has 148 valence electrons. The van der Waals surface area contributed by atoms with Crippen molar-refractivity contribution >= 4 is 11.8 Å². The Bertz CT molecular complexity index is 697. The molecular weight excluding hydrogens is 344 g/mol. The van der Waals surface area contributed by atoms with E-state index in [2.05, 4.69) is 5.32 Å². The van der Waals surface area contributed by atoms with Gasteiger partial charge < -0.3 is 19.7 Å². The fraction of sp³-hybridized carbons (Fsp3) is 0.619. The number of benzene rings is 1. The number of hydrogen-bond acceptors (Lipinski definition) is 4. The molecule has 1 unspecified atom stereocenters. The van der Waals surface area contributed by atoms with Gasteiger partial charge in [-0.2, -0.15) is 0 Å². The van der Waals surface area contributed by atoms with E-state index >= 15 is 0 Å². The molecule has 1 saturated carbocycles. The Labute approximate surface area is 161 Å². The minimum absolute atomic E-state index is 0.00798. The number of carbonyl (C=O) groups is 2. The zero-order valence-corrected chi connectivity index (χ0v) is 16.5. The molecule has 1 atom stereocenters. The monoisotopic (exact) mass is 374 g/mol. The molecule has 1 N–H and O–H groups in total. The van der Waals surface area contributed by atoms with Crippen LogP contribution in [0.4, 0.5) is 0 Å². The maximum Gasteiger partial charge on any atom is 0.254 e. The fourth-order valence-corrected chi connectivity index (χ4v) is 4.64. The van der Waals surface area contributed by atoms with Crippen molar-refractivity contribution in [3.63, 3.8) is 0 Å². The second-order valence-electron chi connectivity index (χ2n) is 7.77. The van der Waals surface area contributed by atoms with E-state index in [1.54, 1.807) is 14.2 Å². The molecule has 1 aromatic carbocycles. The predicted octanol–water partition coefficient (Wildman–Crippen LogP) is 2.40. The van der Waals surface area contributed by atoms with Crippen LogP contribution >= 0.6 is 0 Å². The molecular formula is C21H30N2O4. The highest BCUT2D eigenvalue weighted by atomic mass is 16.5. The third-order valence-corrected chi connectivity index (χ3v) is 6.12. The SMILES string of the molecule is COCCNC(=O)C1CN(C(=O)c2ccc(OC)cc2C)CC12CCCC2. The lowest BCUT2D eigenvalue weighted by Gasteiger charge is -2.28. The molecule has 3 rings (SSSR count). The number of amides is 2. The van der Waals surface area contributed by atoms with E-state index in [0.29, 0.717) is 31.8 Å². The van der Waals surface area contributed by atoms with Gasteiger partial charge in [-0.05, 0) is 43.5 Å². The molecule has 0 aromatic heterocycles. The van der Waals surface area contributed by atoms with Gasteiger partial charge in [0.05, 0.1) is 19.6 Å². The summed E-state index contributed by atoms with van der Waals surface area (Å²) in [6, 6.07) is 5.52. The Hall–Kier alpha value is -2.08. The van der Waals surface area contributed by atoms with Crippen molar-refractivity contribution in [1.82, 2.24) is 10.2 Å². The minimum atomic E-state index is -0.139. The van der Waals surface area contributed by atoms with E-state index < -0.39 is 0 Å². The highest BCUT2D eigenvalue weighted by Crippen LogP contribution is 2.49. The lowest BCUT2D eigenvalue weighted by atomic mass is 9.76. The number of likely N-dealkylation sites (tertiary alicyclic amines) is 1. The zero-order chi connectivity index (χ0) is 19.4. The molecule has 27 heavy (non-hydrogen) atoms. The smallest absolute Gasteiger partial charge is 0.254 e. The summed E-state index contributed by atoms with van der Waals surface area (Å²) in [5.41, 5.74) is 1.50. The molecule has 1 heterocycles. The van der Waals surface area contributed by atoms with Crippen LogP contribution in [0.3, 0.4) is 0 Å². The van der Waals surface area contributed by atoms with Crippen molar-refractivity contribution in [2.45, 2.75) is 32.6 Å². The first-order valence-electron chi connectivity index (χ1n) is 9.71. The molecule has 0 radical (unpaired) electrons. The standard InChI is InChI=1S/C21H30N2O4/c1-15-12-16(27-3)6-7-17(15)20(25)23-13-18(19(24)22-10-11-26-2)21(14-23)8-4-5-9-21/h6-7,12,18H,4-5,8-11,13-14H2,1-3H3,(H,22,24). The third-order valence-electron chi connectivity index (χ3n) is 6.12. The van der Waals surface area contributed by atoms with Gasteiger partial charge in [0.2, 0.25) is 5.91 Å².